The Balaban J connectivity index is 1.66. The second kappa shape index (κ2) is 7.90. The molecule has 120 valence electrons. The maximum atomic E-state index is 12.3. The zero-order chi connectivity index (χ0) is 15.2. The second-order valence-electron chi connectivity index (χ2n) is 6.15. The van der Waals surface area contributed by atoms with Gasteiger partial charge in [0, 0.05) is 19.3 Å². The molecule has 1 N–H and O–H groups in total. The summed E-state index contributed by atoms with van der Waals surface area (Å²) in [5, 5.41) is 3.21. The van der Waals surface area contributed by atoms with E-state index in [9.17, 15) is 9.59 Å². The topological polar surface area (TPSA) is 58.6 Å². The van der Waals surface area contributed by atoms with Crippen LogP contribution in [0.2, 0.25) is 0 Å². The molecular formula is C16H28N2O3. The van der Waals surface area contributed by atoms with Crippen molar-refractivity contribution in [3.05, 3.63) is 0 Å². The number of imide groups is 1. The quantitative estimate of drug-likeness (QED) is 0.492. The molecule has 2 rings (SSSR count). The molecule has 1 aliphatic carbocycles. The molecule has 5 heteroatoms. The van der Waals surface area contributed by atoms with Crippen LogP contribution in [-0.4, -0.2) is 48.6 Å². The van der Waals surface area contributed by atoms with Crippen LogP contribution in [0.15, 0.2) is 0 Å². The fourth-order valence-electron chi connectivity index (χ4n) is 2.83. The molecule has 0 spiro atoms. The Bertz CT molecular complexity index is 365. The number of hydrogen-bond acceptors (Lipinski definition) is 4. The Morgan fingerprint density at radius 1 is 1.29 bits per heavy atom. The van der Waals surface area contributed by atoms with Crippen molar-refractivity contribution in [2.75, 3.05) is 19.8 Å². The van der Waals surface area contributed by atoms with Crippen LogP contribution in [-0.2, 0) is 14.3 Å². The van der Waals surface area contributed by atoms with E-state index in [0.29, 0.717) is 6.42 Å². The Kier molecular flexibility index (Phi) is 6.18. The molecule has 21 heavy (non-hydrogen) atoms. The number of nitrogens with zero attached hydrogens (tertiary/aromatic N) is 1. The molecule has 2 fully saturated rings. The Morgan fingerprint density at radius 3 is 2.62 bits per heavy atom. The highest BCUT2D eigenvalue weighted by Gasteiger charge is 2.40. The fourth-order valence-corrected chi connectivity index (χ4v) is 2.83. The van der Waals surface area contributed by atoms with Crippen LogP contribution in [0.1, 0.15) is 52.4 Å². The van der Waals surface area contributed by atoms with Crippen LogP contribution in [0.4, 0.5) is 0 Å². The lowest BCUT2D eigenvalue weighted by molar-refractivity contribution is -0.141. The first-order chi connectivity index (χ1) is 10.2. The van der Waals surface area contributed by atoms with E-state index in [1.807, 2.05) is 13.8 Å². The number of ether oxygens (including phenoxy) is 1. The van der Waals surface area contributed by atoms with E-state index in [1.54, 1.807) is 0 Å². The van der Waals surface area contributed by atoms with Crippen molar-refractivity contribution in [3.63, 3.8) is 0 Å². The molecule has 1 saturated carbocycles. The molecule has 0 aromatic rings. The van der Waals surface area contributed by atoms with Gasteiger partial charge in [-0.3, -0.25) is 14.5 Å². The SMILES string of the molecule is CCC(CC)N1C(=O)CC(NCCCOCC2CC2)C1=O. The normalized spacial score (nSPS) is 22.6. The minimum atomic E-state index is -0.332. The average molecular weight is 296 g/mol. The van der Waals surface area contributed by atoms with E-state index in [1.165, 1.54) is 17.7 Å². The highest BCUT2D eigenvalue weighted by atomic mass is 16.5. The summed E-state index contributed by atoms with van der Waals surface area (Å²) in [4.78, 5) is 25.8. The Hall–Kier alpha value is -0.940. The van der Waals surface area contributed by atoms with Crippen LogP contribution < -0.4 is 5.32 Å². The molecule has 0 bridgehead atoms. The summed E-state index contributed by atoms with van der Waals surface area (Å²) in [7, 11) is 0. The molecule has 0 aromatic carbocycles. The Labute approximate surface area is 127 Å². The maximum Gasteiger partial charge on any atom is 0.247 e. The van der Waals surface area contributed by atoms with Crippen molar-refractivity contribution in [1.29, 1.82) is 0 Å². The molecule has 1 aliphatic heterocycles. The van der Waals surface area contributed by atoms with E-state index in [0.717, 1.165) is 44.9 Å². The lowest BCUT2D eigenvalue weighted by atomic mass is 10.1. The number of amides is 2. The minimum Gasteiger partial charge on any atom is -0.381 e. The van der Waals surface area contributed by atoms with E-state index in [4.69, 9.17) is 4.74 Å². The van der Waals surface area contributed by atoms with Gasteiger partial charge in [0.05, 0.1) is 12.5 Å². The van der Waals surface area contributed by atoms with E-state index < -0.39 is 0 Å². The van der Waals surface area contributed by atoms with Crippen LogP contribution in [0.3, 0.4) is 0 Å². The van der Waals surface area contributed by atoms with Crippen LogP contribution in [0.5, 0.6) is 0 Å². The van der Waals surface area contributed by atoms with Gasteiger partial charge in [0.15, 0.2) is 0 Å². The predicted molar refractivity (Wildman–Crippen MR) is 80.8 cm³/mol. The van der Waals surface area contributed by atoms with Gasteiger partial charge in [0.1, 0.15) is 0 Å². The summed E-state index contributed by atoms with van der Waals surface area (Å²) in [6.45, 7) is 6.38. The van der Waals surface area contributed by atoms with E-state index in [2.05, 4.69) is 5.32 Å². The molecule has 1 atom stereocenters. The van der Waals surface area contributed by atoms with Crippen molar-refractivity contribution < 1.29 is 14.3 Å². The van der Waals surface area contributed by atoms with Gasteiger partial charge < -0.3 is 10.1 Å². The van der Waals surface area contributed by atoms with Crippen molar-refractivity contribution in [2.45, 2.75) is 64.5 Å². The lowest BCUT2D eigenvalue weighted by Gasteiger charge is -2.24. The third-order valence-electron chi connectivity index (χ3n) is 4.40. The number of hydrogen-bond donors (Lipinski definition) is 1. The molecule has 5 nitrogen and oxygen atoms in total. The molecule has 1 saturated heterocycles. The summed E-state index contributed by atoms with van der Waals surface area (Å²) in [5.41, 5.74) is 0. The summed E-state index contributed by atoms with van der Waals surface area (Å²) >= 11 is 0. The highest BCUT2D eigenvalue weighted by Crippen LogP contribution is 2.28. The largest absolute Gasteiger partial charge is 0.381 e. The summed E-state index contributed by atoms with van der Waals surface area (Å²) in [6, 6.07) is -0.278. The van der Waals surface area contributed by atoms with Crippen LogP contribution in [0, 0.1) is 5.92 Å². The number of carbonyl (C=O) groups is 2. The number of likely N-dealkylation sites (tertiary alicyclic amines) is 1. The number of rotatable bonds is 10. The zero-order valence-electron chi connectivity index (χ0n) is 13.3. The summed E-state index contributed by atoms with van der Waals surface area (Å²) in [5.74, 6) is 0.712. The van der Waals surface area contributed by atoms with Gasteiger partial charge in [-0.25, -0.2) is 0 Å². The average Bonchev–Trinajstić information content (AvgIpc) is 3.25. The van der Waals surface area contributed by atoms with Gasteiger partial charge in [-0.2, -0.15) is 0 Å². The molecule has 2 aliphatic rings. The lowest BCUT2D eigenvalue weighted by Crippen LogP contribution is -2.43. The minimum absolute atomic E-state index is 0.0313. The monoisotopic (exact) mass is 296 g/mol. The molecule has 1 heterocycles. The predicted octanol–water partition coefficient (Wildman–Crippen LogP) is 1.71. The highest BCUT2D eigenvalue weighted by molar-refractivity contribution is 6.05. The van der Waals surface area contributed by atoms with Gasteiger partial charge in [0.25, 0.3) is 0 Å². The second-order valence-corrected chi connectivity index (χ2v) is 6.15. The first-order valence-corrected chi connectivity index (χ1v) is 8.34. The van der Waals surface area contributed by atoms with Crippen LogP contribution in [0.25, 0.3) is 0 Å². The molecule has 0 aromatic heterocycles. The molecule has 1 unspecified atom stereocenters. The zero-order valence-corrected chi connectivity index (χ0v) is 13.3. The summed E-state index contributed by atoms with van der Waals surface area (Å²) < 4.78 is 5.56. The van der Waals surface area contributed by atoms with Gasteiger partial charge >= 0.3 is 0 Å². The molecular weight excluding hydrogens is 268 g/mol. The van der Waals surface area contributed by atoms with Gasteiger partial charge in [-0.15, -0.1) is 0 Å². The standard InChI is InChI=1S/C16H28N2O3/c1-3-13(4-2)18-15(19)10-14(16(18)20)17-8-5-9-21-11-12-6-7-12/h12-14,17H,3-11H2,1-2H3. The third kappa shape index (κ3) is 4.51. The number of nitrogens with one attached hydrogen (secondary N) is 1. The van der Waals surface area contributed by atoms with E-state index >= 15 is 0 Å². The molecule has 2 amide bonds. The fraction of sp³-hybridized carbons (Fsp3) is 0.875. The van der Waals surface area contributed by atoms with Gasteiger partial charge in [-0.1, -0.05) is 13.8 Å². The first-order valence-electron chi connectivity index (χ1n) is 8.34. The Morgan fingerprint density at radius 2 is 2.00 bits per heavy atom. The van der Waals surface area contributed by atoms with Crippen molar-refractivity contribution in [2.24, 2.45) is 5.92 Å². The molecule has 0 radical (unpaired) electrons. The smallest absolute Gasteiger partial charge is 0.247 e. The van der Waals surface area contributed by atoms with Crippen molar-refractivity contribution in [3.8, 4) is 0 Å². The third-order valence-corrected chi connectivity index (χ3v) is 4.40. The van der Waals surface area contributed by atoms with Gasteiger partial charge in [0.2, 0.25) is 11.8 Å². The van der Waals surface area contributed by atoms with Gasteiger partial charge in [-0.05, 0) is 44.6 Å². The van der Waals surface area contributed by atoms with Crippen molar-refractivity contribution in [1.82, 2.24) is 10.2 Å². The maximum absolute atomic E-state index is 12.3. The van der Waals surface area contributed by atoms with E-state index in [-0.39, 0.29) is 23.9 Å². The van der Waals surface area contributed by atoms with Crippen molar-refractivity contribution >= 4 is 11.8 Å². The summed E-state index contributed by atoms with van der Waals surface area (Å²) in [6.07, 6.45) is 5.46. The first kappa shape index (κ1) is 16.4. The number of carbonyl (C=O) groups excluding carboxylic acids is 2. The van der Waals surface area contributed by atoms with Crippen LogP contribution >= 0.6 is 0 Å².